The molecule has 138 heavy (non-hydrogen) atoms. The zero-order valence-electron chi connectivity index (χ0n) is 76.8. The number of hydrogen-bond donors (Lipinski definition) is 0. The number of halogens is 12. The molecular weight excluding hydrogens is 1760 g/mol. The molecule has 0 N–H and O–H groups in total. The van der Waals surface area contributed by atoms with E-state index in [2.05, 4.69) is 205 Å². The number of aromatic nitrogens is 6. The summed E-state index contributed by atoms with van der Waals surface area (Å²) in [5, 5.41) is 33.5. The first kappa shape index (κ1) is 87.8. The van der Waals surface area contributed by atoms with Crippen LogP contribution in [0.15, 0.2) is 309 Å². The lowest BCUT2D eigenvalue weighted by Crippen LogP contribution is -2.20. The molecular formula is C118H86F12N8. The zero-order valence-corrected chi connectivity index (χ0v) is 76.8. The fourth-order valence-corrected chi connectivity index (χ4v) is 21.1. The Morgan fingerprint density at radius 1 is 0.217 bits per heavy atom. The highest BCUT2D eigenvalue weighted by atomic mass is 19.4. The highest BCUT2D eigenvalue weighted by Crippen LogP contribution is 2.52. The Morgan fingerprint density at radius 2 is 0.471 bits per heavy atom. The summed E-state index contributed by atoms with van der Waals surface area (Å²) in [6.07, 6.45) is -20.3. The Bertz CT molecular complexity index is 8870. The molecule has 20 heteroatoms. The molecule has 0 amide bonds. The van der Waals surface area contributed by atoms with Gasteiger partial charge in [-0.1, -0.05) is 210 Å². The summed E-state index contributed by atoms with van der Waals surface area (Å²) in [6.45, 7) is 23.5. The maximum atomic E-state index is 15.1. The van der Waals surface area contributed by atoms with Gasteiger partial charge in [0.2, 0.25) is 0 Å². The second kappa shape index (κ2) is 30.7. The standard InChI is InChI=1S/C118H86F12N8/c1-111(2,3)71-33-42-101-91(55-71)92-56-72(112(4,5)6)34-43-102(92)135(101)107-51-69(64-131)88(67-47-75(115(119,120)121)53-76(48-67)116(122,123)124)61-109(107)136-103-44-35-73(113(7,8)9)57-93(103)94-58-74(36-45-104(94)136)114(10,11)63-66-32-41-100-90(46-66)85-26-16-19-29-97(85)134(100)80-38-40-86-83-24-14-20-30-98(83)137(105(86)60-80)108-52-70(65-132)89(68-49-77(117(125,126)127)54-78(50-68)118(128,129)130)62-110(108)138-99-31-21-15-25-84(99)87-39-37-79(59-106(87)138)133-95-27-17-12-22-81(95)82-23-13-18-28-96(82)133/h12-62H,63H2,1-11H3. The van der Waals surface area contributed by atoms with Gasteiger partial charge in [-0.2, -0.15) is 63.2 Å². The zero-order chi connectivity index (χ0) is 96.6. The van der Waals surface area contributed by atoms with Crippen molar-refractivity contribution in [2.75, 3.05) is 0 Å². The first-order chi connectivity index (χ1) is 65.5. The van der Waals surface area contributed by atoms with Gasteiger partial charge in [0.1, 0.15) is 0 Å². The fraction of sp³-hybridized carbons (Fsp3) is 0.169. The molecule has 0 atom stereocenters. The third-order valence-corrected chi connectivity index (χ3v) is 27.9. The molecule has 0 aliphatic carbocycles. The van der Waals surface area contributed by atoms with Crippen LogP contribution in [0.3, 0.4) is 0 Å². The molecule has 22 aromatic rings. The SMILES string of the molecule is CC(C)(C)c1ccc2c(c1)c1cc(C(C)(C)C)ccc1n2-c1cc(C#N)c(-c2cc(C(F)(F)F)cc(C(F)(F)F)c2)cc1-n1c2ccc(C(C)(C)C)cc2c2cc(C(C)(C)Cc3ccc4c(c3)c3ccccc3n4-c3ccc4c5ccccc5n(-c5cc(C#N)c(-c6cc(C(F)(F)F)cc(C(F)(F)F)c6)cc5-n5c6ccccc6c6ccc(-n7c8ccccc8c8ccccc87)cc65)c4c3)ccc21. The number of fused-ring (bicyclic) bond motifs is 18. The monoisotopic (exact) mass is 1840 g/mol. The second-order valence-corrected chi connectivity index (χ2v) is 40.2. The number of benzene rings is 16. The molecule has 0 fully saturated rings. The van der Waals surface area contributed by atoms with Crippen LogP contribution in [0.2, 0.25) is 0 Å². The first-order valence-electron chi connectivity index (χ1n) is 45.5. The van der Waals surface area contributed by atoms with Crippen LogP contribution in [0, 0.1) is 22.7 Å². The van der Waals surface area contributed by atoms with Crippen molar-refractivity contribution in [1.29, 1.82) is 10.5 Å². The van der Waals surface area contributed by atoms with Gasteiger partial charge in [-0.05, 0) is 243 Å². The minimum atomic E-state index is -5.22. The number of nitrogens with zero attached hydrogens (tertiary/aromatic N) is 8. The van der Waals surface area contributed by atoms with Gasteiger partial charge in [-0.15, -0.1) is 0 Å². The topological polar surface area (TPSA) is 77.2 Å². The van der Waals surface area contributed by atoms with Crippen molar-refractivity contribution < 1.29 is 52.7 Å². The van der Waals surface area contributed by atoms with Crippen LogP contribution in [0.25, 0.3) is 187 Å². The van der Waals surface area contributed by atoms with E-state index in [1.54, 1.807) is 24.3 Å². The molecule has 6 heterocycles. The third kappa shape index (κ3) is 14.2. The van der Waals surface area contributed by atoms with Gasteiger partial charge in [0.25, 0.3) is 0 Å². The summed E-state index contributed by atoms with van der Waals surface area (Å²) in [4.78, 5) is 0. The quantitative estimate of drug-likeness (QED) is 0.121. The maximum absolute atomic E-state index is 15.1. The largest absolute Gasteiger partial charge is 0.416 e. The summed E-state index contributed by atoms with van der Waals surface area (Å²) in [7, 11) is 0. The summed E-state index contributed by atoms with van der Waals surface area (Å²) in [6, 6.07) is 97.2. The Morgan fingerprint density at radius 3 is 0.790 bits per heavy atom. The molecule has 0 saturated heterocycles. The highest BCUT2D eigenvalue weighted by Gasteiger charge is 2.41. The fourth-order valence-electron chi connectivity index (χ4n) is 21.1. The van der Waals surface area contributed by atoms with Crippen LogP contribution in [-0.4, -0.2) is 27.4 Å². The lowest BCUT2D eigenvalue weighted by molar-refractivity contribution is -0.144. The van der Waals surface area contributed by atoms with E-state index in [9.17, 15) is 10.5 Å². The first-order valence-corrected chi connectivity index (χ1v) is 45.5. The second-order valence-electron chi connectivity index (χ2n) is 40.2. The smallest absolute Gasteiger partial charge is 0.309 e. The van der Waals surface area contributed by atoms with Gasteiger partial charge in [0.15, 0.2) is 0 Å². The van der Waals surface area contributed by atoms with Crippen molar-refractivity contribution in [3.63, 3.8) is 0 Å². The molecule has 16 aromatic carbocycles. The van der Waals surface area contributed by atoms with Crippen LogP contribution < -0.4 is 0 Å². The van der Waals surface area contributed by atoms with Gasteiger partial charge in [0.05, 0.1) is 134 Å². The van der Waals surface area contributed by atoms with Crippen molar-refractivity contribution in [2.24, 2.45) is 0 Å². The van der Waals surface area contributed by atoms with Crippen LogP contribution in [-0.2, 0) is 52.8 Å². The van der Waals surface area contributed by atoms with Crippen molar-refractivity contribution in [3.8, 4) is 68.5 Å². The predicted molar refractivity (Wildman–Crippen MR) is 532 cm³/mol. The van der Waals surface area contributed by atoms with Crippen LogP contribution >= 0.6 is 0 Å². The molecule has 0 aliphatic rings. The van der Waals surface area contributed by atoms with E-state index in [1.807, 2.05) is 159 Å². The number of nitriles is 2. The molecule has 22 rings (SSSR count). The summed E-state index contributed by atoms with van der Waals surface area (Å²) < 4.78 is 194. The average molecular weight is 1840 g/mol. The Hall–Kier alpha value is -15.5. The normalized spacial score (nSPS) is 13.1. The average Bonchev–Trinajstić information content (AvgIpc) is 1.55. The lowest BCUT2D eigenvalue weighted by Gasteiger charge is -2.26. The van der Waals surface area contributed by atoms with E-state index >= 15 is 52.7 Å². The van der Waals surface area contributed by atoms with Crippen molar-refractivity contribution in [2.45, 2.75) is 129 Å². The van der Waals surface area contributed by atoms with E-state index in [0.717, 1.165) is 137 Å². The van der Waals surface area contributed by atoms with E-state index < -0.39 is 63.5 Å². The van der Waals surface area contributed by atoms with Gasteiger partial charge < -0.3 is 27.4 Å². The maximum Gasteiger partial charge on any atom is 0.416 e. The lowest BCUT2D eigenvalue weighted by atomic mass is 9.78. The molecule has 6 aromatic heterocycles. The molecule has 0 aliphatic heterocycles. The number of para-hydroxylation sites is 5. The van der Waals surface area contributed by atoms with Crippen molar-refractivity contribution in [1.82, 2.24) is 27.4 Å². The molecule has 0 saturated carbocycles. The van der Waals surface area contributed by atoms with Crippen LogP contribution in [0.1, 0.15) is 137 Å². The third-order valence-electron chi connectivity index (χ3n) is 27.9. The molecule has 0 bridgehead atoms. The minimum Gasteiger partial charge on any atom is -0.309 e. The van der Waals surface area contributed by atoms with Gasteiger partial charge in [-0.25, -0.2) is 0 Å². The number of alkyl halides is 12. The Balaban J connectivity index is 0.716. The summed E-state index contributed by atoms with van der Waals surface area (Å²) in [5.74, 6) is 0. The van der Waals surface area contributed by atoms with Crippen LogP contribution in [0.5, 0.6) is 0 Å². The molecule has 0 spiro atoms. The van der Waals surface area contributed by atoms with Gasteiger partial charge >= 0.3 is 24.7 Å². The highest BCUT2D eigenvalue weighted by molar-refractivity contribution is 6.17. The van der Waals surface area contributed by atoms with Crippen LogP contribution in [0.4, 0.5) is 52.7 Å². The Kier molecular flexibility index (Phi) is 19.6. The van der Waals surface area contributed by atoms with E-state index in [4.69, 9.17) is 0 Å². The minimum absolute atomic E-state index is 0.0899. The summed E-state index contributed by atoms with van der Waals surface area (Å²) in [5.41, 5.74) is 7.88. The molecule has 0 radical (unpaired) electrons. The molecule has 682 valence electrons. The number of rotatable bonds is 11. The van der Waals surface area contributed by atoms with Crippen molar-refractivity contribution in [3.05, 3.63) is 371 Å². The molecule has 8 nitrogen and oxygen atoms in total. The van der Waals surface area contributed by atoms with Gasteiger partial charge in [0, 0.05) is 87.1 Å². The number of hydrogen-bond acceptors (Lipinski definition) is 2. The summed E-state index contributed by atoms with van der Waals surface area (Å²) >= 11 is 0. The molecule has 0 unspecified atom stereocenters. The predicted octanol–water partition coefficient (Wildman–Crippen LogP) is 33.8. The van der Waals surface area contributed by atoms with E-state index in [-0.39, 0.29) is 50.6 Å². The van der Waals surface area contributed by atoms with E-state index in [0.29, 0.717) is 86.5 Å². The Labute approximate surface area is 784 Å². The van der Waals surface area contributed by atoms with Crippen molar-refractivity contribution >= 4 is 131 Å². The van der Waals surface area contributed by atoms with Gasteiger partial charge in [-0.3, -0.25) is 0 Å². The van der Waals surface area contributed by atoms with E-state index in [1.165, 1.54) is 0 Å².